The Bertz CT molecular complexity index is 607. The summed E-state index contributed by atoms with van der Waals surface area (Å²) in [5, 5.41) is 3.56. The van der Waals surface area contributed by atoms with Gasteiger partial charge in [-0.05, 0) is 37.6 Å². The minimum Gasteiger partial charge on any atom is -0.368 e. The molecule has 1 fully saturated rings. The van der Waals surface area contributed by atoms with Crippen molar-refractivity contribution in [1.29, 1.82) is 0 Å². The van der Waals surface area contributed by atoms with Crippen molar-refractivity contribution in [3.05, 3.63) is 60.2 Å². The lowest BCUT2D eigenvalue weighted by molar-refractivity contribution is 0.180. The summed E-state index contributed by atoms with van der Waals surface area (Å²) in [5.74, 6) is 0. The molecule has 2 atom stereocenters. The average Bonchev–Trinajstić information content (AvgIpc) is 2.55. The summed E-state index contributed by atoms with van der Waals surface area (Å²) in [4.78, 5) is 8.03. The first-order valence-corrected chi connectivity index (χ1v) is 8.23. The third kappa shape index (κ3) is 4.47. The van der Waals surface area contributed by atoms with E-state index in [1.165, 1.54) is 5.69 Å². The third-order valence-corrected chi connectivity index (χ3v) is 4.04. The van der Waals surface area contributed by atoms with Crippen LogP contribution >= 0.6 is 0 Å². The van der Waals surface area contributed by atoms with Gasteiger partial charge in [0.05, 0.1) is 12.3 Å². The van der Waals surface area contributed by atoms with Crippen LogP contribution in [0, 0.1) is 0 Å². The van der Waals surface area contributed by atoms with Gasteiger partial charge in [0, 0.05) is 30.9 Å². The van der Waals surface area contributed by atoms with Crippen molar-refractivity contribution in [3.63, 3.8) is 0 Å². The van der Waals surface area contributed by atoms with Gasteiger partial charge in [-0.1, -0.05) is 36.4 Å². The molecule has 23 heavy (non-hydrogen) atoms. The summed E-state index contributed by atoms with van der Waals surface area (Å²) in [7, 11) is 0. The Kier molecular flexibility index (Phi) is 5.16. The highest BCUT2D eigenvalue weighted by molar-refractivity contribution is 5.57. The zero-order chi connectivity index (χ0) is 16.1. The highest BCUT2D eigenvalue weighted by Crippen LogP contribution is 2.22. The molecule has 0 aliphatic carbocycles. The first-order valence-electron chi connectivity index (χ1n) is 8.23. The highest BCUT2D eigenvalue weighted by atomic mass is 16.6. The fourth-order valence-corrected chi connectivity index (χ4v) is 3.08. The van der Waals surface area contributed by atoms with Crippen LogP contribution in [0.2, 0.25) is 0 Å². The van der Waals surface area contributed by atoms with Gasteiger partial charge in [0.25, 0.3) is 0 Å². The van der Waals surface area contributed by atoms with Crippen molar-refractivity contribution in [3.8, 4) is 0 Å². The third-order valence-electron chi connectivity index (χ3n) is 4.04. The Balaban J connectivity index is 1.59. The molecule has 2 N–H and O–H groups in total. The quantitative estimate of drug-likeness (QED) is 0.830. The van der Waals surface area contributed by atoms with Gasteiger partial charge < -0.3 is 10.2 Å². The molecule has 0 spiro atoms. The van der Waals surface area contributed by atoms with Crippen molar-refractivity contribution in [2.45, 2.75) is 32.5 Å². The molecule has 2 unspecified atom stereocenters. The molecule has 0 bridgehead atoms. The van der Waals surface area contributed by atoms with E-state index in [0.717, 1.165) is 24.3 Å². The molecule has 1 heterocycles. The highest BCUT2D eigenvalue weighted by Gasteiger charge is 2.21. The molecule has 4 nitrogen and oxygen atoms in total. The monoisotopic (exact) mass is 311 g/mol. The summed E-state index contributed by atoms with van der Waals surface area (Å²) in [6.07, 6.45) is 0. The van der Waals surface area contributed by atoms with E-state index in [2.05, 4.69) is 59.9 Å². The van der Waals surface area contributed by atoms with Crippen LogP contribution in [0.4, 0.5) is 11.4 Å². The second-order valence-electron chi connectivity index (χ2n) is 6.30. The van der Waals surface area contributed by atoms with E-state index in [9.17, 15) is 0 Å². The fraction of sp³-hybridized carbons (Fsp3) is 0.368. The Hall–Kier alpha value is -2.04. The second-order valence-corrected chi connectivity index (χ2v) is 6.30. The van der Waals surface area contributed by atoms with Gasteiger partial charge in [0.2, 0.25) is 0 Å². The lowest BCUT2D eigenvalue weighted by Crippen LogP contribution is -2.54. The zero-order valence-corrected chi connectivity index (χ0v) is 13.8. The van der Waals surface area contributed by atoms with Crippen LogP contribution in [0.25, 0.3) is 0 Å². The van der Waals surface area contributed by atoms with Crippen LogP contribution in [0.5, 0.6) is 0 Å². The van der Waals surface area contributed by atoms with Crippen molar-refractivity contribution in [1.82, 2.24) is 5.32 Å². The maximum absolute atomic E-state index is 5.61. The van der Waals surface area contributed by atoms with Crippen molar-refractivity contribution < 1.29 is 4.84 Å². The minimum atomic E-state index is 0.504. The summed E-state index contributed by atoms with van der Waals surface area (Å²) >= 11 is 0. The van der Waals surface area contributed by atoms with Gasteiger partial charge in [-0.2, -0.15) is 0 Å². The molecular weight excluding hydrogens is 286 g/mol. The average molecular weight is 311 g/mol. The Morgan fingerprint density at radius 2 is 1.78 bits per heavy atom. The molecule has 2 aromatic carbocycles. The molecule has 3 rings (SSSR count). The van der Waals surface area contributed by atoms with Crippen LogP contribution in [0.3, 0.4) is 0 Å². The van der Waals surface area contributed by atoms with Crippen LogP contribution in [0.1, 0.15) is 19.4 Å². The Labute approximate surface area is 138 Å². The number of hydrogen-bond acceptors (Lipinski definition) is 4. The molecule has 2 aromatic rings. The van der Waals surface area contributed by atoms with Crippen LogP contribution in [-0.2, 0) is 11.4 Å². The summed E-state index contributed by atoms with van der Waals surface area (Å²) in [6.45, 7) is 7.06. The number of benzene rings is 2. The molecule has 0 saturated carbocycles. The smallest absolute Gasteiger partial charge is 0.0996 e. The van der Waals surface area contributed by atoms with E-state index in [1.54, 1.807) is 0 Å². The van der Waals surface area contributed by atoms with Crippen molar-refractivity contribution >= 4 is 11.4 Å². The molecule has 0 aromatic heterocycles. The number of hydrogen-bond donors (Lipinski definition) is 2. The second kappa shape index (κ2) is 7.49. The van der Waals surface area contributed by atoms with Gasteiger partial charge in [0.15, 0.2) is 0 Å². The predicted molar refractivity (Wildman–Crippen MR) is 95.6 cm³/mol. The fourth-order valence-electron chi connectivity index (χ4n) is 3.08. The van der Waals surface area contributed by atoms with E-state index >= 15 is 0 Å². The Morgan fingerprint density at radius 3 is 2.52 bits per heavy atom. The summed E-state index contributed by atoms with van der Waals surface area (Å²) in [5.41, 5.74) is 6.42. The molecule has 1 saturated heterocycles. The van der Waals surface area contributed by atoms with Gasteiger partial charge in [-0.15, -0.1) is 0 Å². The van der Waals surface area contributed by atoms with Gasteiger partial charge in [-0.3, -0.25) is 10.3 Å². The van der Waals surface area contributed by atoms with Crippen molar-refractivity contribution in [2.75, 3.05) is 23.5 Å². The topological polar surface area (TPSA) is 36.5 Å². The largest absolute Gasteiger partial charge is 0.368 e. The summed E-state index contributed by atoms with van der Waals surface area (Å²) in [6, 6.07) is 19.6. The first-order chi connectivity index (χ1) is 11.2. The normalized spacial score (nSPS) is 21.2. The van der Waals surface area contributed by atoms with Crippen LogP contribution < -0.4 is 15.7 Å². The van der Waals surface area contributed by atoms with Crippen LogP contribution in [-0.4, -0.2) is 25.2 Å². The van der Waals surface area contributed by atoms with Crippen LogP contribution in [0.15, 0.2) is 54.6 Å². The number of anilines is 2. The SMILES string of the molecule is CC1CN(c2cccc(NOCc3ccccc3)c2)CC(C)N1. The number of nitrogens with one attached hydrogen (secondary N) is 2. The molecule has 1 aliphatic rings. The van der Waals surface area contributed by atoms with Gasteiger partial charge in [0.1, 0.15) is 0 Å². The maximum Gasteiger partial charge on any atom is 0.0996 e. The lowest BCUT2D eigenvalue weighted by atomic mass is 10.1. The summed E-state index contributed by atoms with van der Waals surface area (Å²) < 4.78 is 0. The maximum atomic E-state index is 5.61. The zero-order valence-electron chi connectivity index (χ0n) is 13.8. The number of piperazine rings is 1. The van der Waals surface area contributed by atoms with Gasteiger partial charge >= 0.3 is 0 Å². The Morgan fingerprint density at radius 1 is 1.04 bits per heavy atom. The van der Waals surface area contributed by atoms with E-state index in [1.807, 2.05) is 24.3 Å². The molecule has 0 amide bonds. The molecule has 122 valence electrons. The molecule has 0 radical (unpaired) electrons. The van der Waals surface area contributed by atoms with Crippen molar-refractivity contribution in [2.24, 2.45) is 0 Å². The minimum absolute atomic E-state index is 0.504. The number of nitrogens with zero attached hydrogens (tertiary/aromatic N) is 1. The predicted octanol–water partition coefficient (Wildman–Crippen LogP) is 3.42. The molecule has 1 aliphatic heterocycles. The van der Waals surface area contributed by atoms with E-state index in [0.29, 0.717) is 18.7 Å². The molecular formula is C19H25N3O. The first kappa shape index (κ1) is 15.8. The standard InChI is InChI=1S/C19H25N3O/c1-15-12-22(13-16(2)20-15)19-10-6-9-18(11-19)21-23-14-17-7-4-3-5-8-17/h3-11,15-16,20-21H,12-14H2,1-2H3. The lowest BCUT2D eigenvalue weighted by Gasteiger charge is -2.37. The van der Waals surface area contributed by atoms with E-state index in [-0.39, 0.29) is 0 Å². The van der Waals surface area contributed by atoms with E-state index < -0.39 is 0 Å². The van der Waals surface area contributed by atoms with E-state index in [4.69, 9.17) is 4.84 Å². The number of rotatable bonds is 5. The van der Waals surface area contributed by atoms with Gasteiger partial charge in [-0.25, -0.2) is 0 Å². The molecule has 4 heteroatoms.